The summed E-state index contributed by atoms with van der Waals surface area (Å²) in [7, 11) is 1.07. The predicted octanol–water partition coefficient (Wildman–Crippen LogP) is -0.558. The van der Waals surface area contributed by atoms with Crippen molar-refractivity contribution in [2.45, 2.75) is 36.8 Å². The molecule has 1 aliphatic rings. The molecule has 9 heteroatoms. The Balaban J connectivity index is 2.17. The molecule has 142 valence electrons. The van der Waals surface area contributed by atoms with Crippen LogP contribution >= 0.6 is 0 Å². The minimum absolute atomic E-state index is 0.321. The van der Waals surface area contributed by atoms with Gasteiger partial charge in [-0.1, -0.05) is 6.07 Å². The second-order valence-corrected chi connectivity index (χ2v) is 6.02. The predicted molar refractivity (Wildman–Crippen MR) is 86.9 cm³/mol. The average Bonchev–Trinajstić information content (AvgIpc) is 2.59. The molecular formula is C17H20O9. The van der Waals surface area contributed by atoms with Gasteiger partial charge in [0.05, 0.1) is 19.3 Å². The van der Waals surface area contributed by atoms with E-state index in [1.807, 2.05) is 0 Å². The number of phenolic OH excluding ortho intramolecular Hbond substituents is 2. The Hall–Kier alpha value is -2.62. The average molecular weight is 368 g/mol. The van der Waals surface area contributed by atoms with Gasteiger partial charge in [-0.15, -0.1) is 0 Å². The lowest BCUT2D eigenvalue weighted by Gasteiger charge is -2.40. The quantitative estimate of drug-likeness (QED) is 0.267. The van der Waals surface area contributed by atoms with Crippen molar-refractivity contribution < 1.29 is 44.6 Å². The van der Waals surface area contributed by atoms with Gasteiger partial charge in [-0.05, 0) is 23.8 Å². The molecule has 9 nitrogen and oxygen atoms in total. The summed E-state index contributed by atoms with van der Waals surface area (Å²) in [5, 5.41) is 47.9. The third-order valence-electron chi connectivity index (χ3n) is 4.13. The van der Waals surface area contributed by atoms with Crippen LogP contribution in [0, 0.1) is 0 Å². The van der Waals surface area contributed by atoms with Gasteiger partial charge in [0.25, 0.3) is 0 Å². The highest BCUT2D eigenvalue weighted by atomic mass is 16.6. The molecule has 5 N–H and O–H groups in total. The maximum atomic E-state index is 12.1. The molecule has 2 rings (SSSR count). The van der Waals surface area contributed by atoms with Gasteiger partial charge < -0.3 is 35.0 Å². The molecule has 0 bridgehead atoms. The van der Waals surface area contributed by atoms with Crippen molar-refractivity contribution in [1.82, 2.24) is 0 Å². The Morgan fingerprint density at radius 1 is 1.12 bits per heavy atom. The fourth-order valence-corrected chi connectivity index (χ4v) is 2.77. The van der Waals surface area contributed by atoms with Crippen molar-refractivity contribution in [3.63, 3.8) is 0 Å². The van der Waals surface area contributed by atoms with E-state index in [1.54, 1.807) is 0 Å². The van der Waals surface area contributed by atoms with E-state index in [9.17, 15) is 35.1 Å². The molecule has 2 atom stereocenters. The molecule has 0 unspecified atom stereocenters. The number of carbonyl (C=O) groups excluding carboxylic acids is 2. The highest BCUT2D eigenvalue weighted by molar-refractivity contribution is 5.91. The van der Waals surface area contributed by atoms with Gasteiger partial charge in [0.1, 0.15) is 6.10 Å². The van der Waals surface area contributed by atoms with Crippen molar-refractivity contribution >= 4 is 18.0 Å². The lowest BCUT2D eigenvalue weighted by Crippen LogP contribution is -2.58. The number of ether oxygens (including phenoxy) is 2. The van der Waals surface area contributed by atoms with Gasteiger partial charge in [0.2, 0.25) is 5.60 Å². The SMILES string of the molecule is COC(=O)C1(OC(=O)/C=C\c2ccc(O)c(O)c2)C[C@@H](O)C(O)[C@H](O)C1. The van der Waals surface area contributed by atoms with Crippen LogP contribution in [0.1, 0.15) is 18.4 Å². The van der Waals surface area contributed by atoms with E-state index in [1.165, 1.54) is 24.3 Å². The van der Waals surface area contributed by atoms with Crippen molar-refractivity contribution in [2.24, 2.45) is 0 Å². The first-order chi connectivity index (χ1) is 12.2. The molecule has 0 aromatic heterocycles. The number of aliphatic hydroxyl groups is 3. The first-order valence-electron chi connectivity index (χ1n) is 7.74. The topological polar surface area (TPSA) is 154 Å². The Morgan fingerprint density at radius 3 is 2.27 bits per heavy atom. The molecule has 0 spiro atoms. The van der Waals surface area contributed by atoms with Crippen LogP contribution in [0.5, 0.6) is 11.5 Å². The molecule has 0 saturated heterocycles. The van der Waals surface area contributed by atoms with Crippen LogP contribution in [-0.2, 0) is 19.1 Å². The van der Waals surface area contributed by atoms with Crippen LogP contribution in [0.3, 0.4) is 0 Å². The zero-order valence-corrected chi connectivity index (χ0v) is 13.9. The molecule has 1 aromatic carbocycles. The summed E-state index contributed by atoms with van der Waals surface area (Å²) < 4.78 is 9.77. The third-order valence-corrected chi connectivity index (χ3v) is 4.13. The lowest BCUT2D eigenvalue weighted by atomic mass is 9.79. The van der Waals surface area contributed by atoms with Gasteiger partial charge in [0.15, 0.2) is 11.5 Å². The van der Waals surface area contributed by atoms with E-state index in [0.717, 1.165) is 13.2 Å². The van der Waals surface area contributed by atoms with Crippen molar-refractivity contribution in [3.8, 4) is 11.5 Å². The van der Waals surface area contributed by atoms with Gasteiger partial charge >= 0.3 is 11.9 Å². The lowest BCUT2D eigenvalue weighted by molar-refractivity contribution is -0.203. The van der Waals surface area contributed by atoms with Crippen LogP contribution < -0.4 is 0 Å². The first kappa shape index (κ1) is 19.7. The highest BCUT2D eigenvalue weighted by Gasteiger charge is 2.53. The van der Waals surface area contributed by atoms with Gasteiger partial charge in [-0.25, -0.2) is 9.59 Å². The molecule has 1 aromatic rings. The van der Waals surface area contributed by atoms with Gasteiger partial charge in [-0.2, -0.15) is 0 Å². The van der Waals surface area contributed by atoms with E-state index < -0.39 is 48.7 Å². The van der Waals surface area contributed by atoms with Crippen LogP contribution in [0.25, 0.3) is 6.08 Å². The molecule has 0 aliphatic heterocycles. The van der Waals surface area contributed by atoms with Gasteiger partial charge in [-0.3, -0.25) is 0 Å². The molecular weight excluding hydrogens is 348 g/mol. The summed E-state index contributed by atoms with van der Waals surface area (Å²) in [6.07, 6.45) is -3.05. The number of aliphatic hydroxyl groups excluding tert-OH is 3. The summed E-state index contributed by atoms with van der Waals surface area (Å²) in [5.74, 6) is -2.62. The number of esters is 2. The minimum atomic E-state index is -1.94. The van der Waals surface area contributed by atoms with Crippen LogP contribution in [0.2, 0.25) is 0 Å². The summed E-state index contributed by atoms with van der Waals surface area (Å²) in [4.78, 5) is 24.2. The molecule has 1 fully saturated rings. The second kappa shape index (κ2) is 7.73. The van der Waals surface area contributed by atoms with E-state index >= 15 is 0 Å². The maximum absolute atomic E-state index is 12.1. The van der Waals surface area contributed by atoms with Crippen LogP contribution in [0.15, 0.2) is 24.3 Å². The number of carbonyl (C=O) groups is 2. The number of hydrogen-bond donors (Lipinski definition) is 5. The Labute approximate surface area is 148 Å². The molecule has 1 aliphatic carbocycles. The van der Waals surface area contributed by atoms with Crippen molar-refractivity contribution in [3.05, 3.63) is 29.8 Å². The summed E-state index contributed by atoms with van der Waals surface area (Å²) >= 11 is 0. The number of methoxy groups -OCH3 is 1. The number of benzene rings is 1. The fraction of sp³-hybridized carbons (Fsp3) is 0.412. The zero-order chi connectivity index (χ0) is 19.5. The maximum Gasteiger partial charge on any atom is 0.350 e. The van der Waals surface area contributed by atoms with Gasteiger partial charge in [0, 0.05) is 18.9 Å². The molecule has 26 heavy (non-hydrogen) atoms. The monoisotopic (exact) mass is 368 g/mol. The Bertz CT molecular complexity index is 700. The smallest absolute Gasteiger partial charge is 0.350 e. The normalized spacial score (nSPS) is 28.7. The Morgan fingerprint density at radius 2 is 1.73 bits per heavy atom. The molecule has 0 radical (unpaired) electrons. The van der Waals surface area contributed by atoms with E-state index in [2.05, 4.69) is 4.74 Å². The molecule has 0 amide bonds. The number of aromatic hydroxyl groups is 2. The second-order valence-electron chi connectivity index (χ2n) is 6.02. The van der Waals surface area contributed by atoms with Crippen LogP contribution in [0.4, 0.5) is 0 Å². The van der Waals surface area contributed by atoms with E-state index in [-0.39, 0.29) is 11.5 Å². The van der Waals surface area contributed by atoms with E-state index in [4.69, 9.17) is 4.74 Å². The van der Waals surface area contributed by atoms with E-state index in [0.29, 0.717) is 5.56 Å². The summed E-state index contributed by atoms with van der Waals surface area (Å²) in [5.41, 5.74) is -1.56. The number of phenols is 2. The van der Waals surface area contributed by atoms with Crippen molar-refractivity contribution in [2.75, 3.05) is 7.11 Å². The first-order valence-corrected chi connectivity index (χ1v) is 7.74. The zero-order valence-electron chi connectivity index (χ0n) is 13.9. The third kappa shape index (κ3) is 4.13. The number of rotatable bonds is 4. The molecule has 0 heterocycles. The highest BCUT2D eigenvalue weighted by Crippen LogP contribution is 2.34. The number of hydrogen-bond acceptors (Lipinski definition) is 9. The molecule has 1 saturated carbocycles. The van der Waals surface area contributed by atoms with Crippen molar-refractivity contribution in [1.29, 1.82) is 0 Å². The Kier molecular flexibility index (Phi) is 5.86. The summed E-state index contributed by atoms with van der Waals surface area (Å²) in [6, 6.07) is 3.87. The van der Waals surface area contributed by atoms with Crippen LogP contribution in [-0.4, -0.2) is 68.5 Å². The minimum Gasteiger partial charge on any atom is -0.504 e. The standard InChI is InChI=1S/C17H20O9/c1-25-16(24)17(7-12(20)15(23)13(21)8-17)26-14(22)5-3-9-2-4-10(18)11(19)6-9/h2-6,12-13,15,18-21,23H,7-8H2,1H3/b5-3-/t12-,13-,15?,17?/m1/s1. The fourth-order valence-electron chi connectivity index (χ4n) is 2.77. The summed E-state index contributed by atoms with van der Waals surface area (Å²) in [6.45, 7) is 0. The largest absolute Gasteiger partial charge is 0.504 e.